The van der Waals surface area contributed by atoms with Crippen molar-refractivity contribution >= 4 is 52.0 Å². The molecule has 1 atom stereocenters. The van der Waals surface area contributed by atoms with Gasteiger partial charge in [0.15, 0.2) is 5.58 Å². The summed E-state index contributed by atoms with van der Waals surface area (Å²) in [6, 6.07) is 27.2. The van der Waals surface area contributed by atoms with Crippen molar-refractivity contribution in [3.05, 3.63) is 95.5 Å². The Morgan fingerprint density at radius 3 is 2.39 bits per heavy atom. The SMILES string of the molecule is N#Cc1ccc(-c2ccc(Cl)cc2)nc1SC1CC(=O)N(c2ccc(-c3nc4ccccc4o3)cc2)C1=O. The third kappa shape index (κ3) is 4.43. The molecule has 3 aromatic carbocycles. The lowest BCUT2D eigenvalue weighted by molar-refractivity contribution is -0.121. The quantitative estimate of drug-likeness (QED) is 0.236. The molecule has 3 heterocycles. The number of aromatic nitrogens is 2. The fraction of sp³-hybridized carbons (Fsp3) is 0.0690. The van der Waals surface area contributed by atoms with Crippen molar-refractivity contribution < 1.29 is 14.0 Å². The van der Waals surface area contributed by atoms with Gasteiger partial charge >= 0.3 is 0 Å². The van der Waals surface area contributed by atoms with Crippen LogP contribution in [0.15, 0.2) is 94.4 Å². The zero-order valence-corrected chi connectivity index (χ0v) is 21.2. The molecule has 5 aromatic rings. The number of pyridine rings is 1. The second-order valence-electron chi connectivity index (χ2n) is 8.58. The number of hydrogen-bond acceptors (Lipinski definition) is 7. The second kappa shape index (κ2) is 9.78. The van der Waals surface area contributed by atoms with Crippen molar-refractivity contribution in [2.24, 2.45) is 0 Å². The van der Waals surface area contributed by atoms with Gasteiger partial charge in [-0.25, -0.2) is 14.9 Å². The monoisotopic (exact) mass is 536 g/mol. The van der Waals surface area contributed by atoms with Crippen LogP contribution in [0.5, 0.6) is 0 Å². The lowest BCUT2D eigenvalue weighted by atomic mass is 10.1. The Balaban J connectivity index is 1.23. The molecule has 9 heteroatoms. The van der Waals surface area contributed by atoms with E-state index in [9.17, 15) is 14.9 Å². The minimum Gasteiger partial charge on any atom is -0.436 e. The third-order valence-corrected chi connectivity index (χ3v) is 7.59. The molecular formula is C29H17ClN4O3S. The molecule has 0 spiro atoms. The van der Waals surface area contributed by atoms with Gasteiger partial charge in [0.25, 0.3) is 0 Å². The number of benzene rings is 3. The van der Waals surface area contributed by atoms with Gasteiger partial charge in [-0.15, -0.1) is 0 Å². The van der Waals surface area contributed by atoms with Crippen LogP contribution in [0.1, 0.15) is 12.0 Å². The van der Waals surface area contributed by atoms with Crippen LogP contribution in [0, 0.1) is 11.3 Å². The van der Waals surface area contributed by atoms with Gasteiger partial charge in [-0.2, -0.15) is 5.26 Å². The van der Waals surface area contributed by atoms with Crippen LogP contribution in [0.4, 0.5) is 5.69 Å². The Labute approximate surface area is 226 Å². The number of fused-ring (bicyclic) bond motifs is 1. The highest BCUT2D eigenvalue weighted by atomic mass is 35.5. The number of carbonyl (C=O) groups is 2. The maximum atomic E-state index is 13.3. The molecular weight excluding hydrogens is 520 g/mol. The van der Waals surface area contributed by atoms with E-state index in [1.807, 2.05) is 36.4 Å². The number of rotatable bonds is 5. The summed E-state index contributed by atoms with van der Waals surface area (Å²) >= 11 is 7.12. The summed E-state index contributed by atoms with van der Waals surface area (Å²) < 4.78 is 5.81. The Hall–Kier alpha value is -4.45. The number of amides is 2. The lowest BCUT2D eigenvalue weighted by Crippen LogP contribution is -2.31. The zero-order valence-electron chi connectivity index (χ0n) is 19.7. The van der Waals surface area contributed by atoms with Gasteiger partial charge in [-0.05, 0) is 60.7 Å². The maximum Gasteiger partial charge on any atom is 0.247 e. The summed E-state index contributed by atoms with van der Waals surface area (Å²) in [5.74, 6) is -0.201. The van der Waals surface area contributed by atoms with Crippen LogP contribution < -0.4 is 4.90 Å². The molecule has 1 aliphatic heterocycles. The molecule has 1 fully saturated rings. The Morgan fingerprint density at radius 2 is 1.66 bits per heavy atom. The molecule has 1 unspecified atom stereocenters. The van der Waals surface area contributed by atoms with Gasteiger partial charge in [-0.3, -0.25) is 9.59 Å². The van der Waals surface area contributed by atoms with Gasteiger partial charge in [0.2, 0.25) is 17.7 Å². The minimum atomic E-state index is -0.695. The first-order chi connectivity index (χ1) is 18.5. The highest BCUT2D eigenvalue weighted by molar-refractivity contribution is 8.00. The number of thioether (sulfide) groups is 1. The van der Waals surface area contributed by atoms with Crippen LogP contribution in [-0.4, -0.2) is 27.0 Å². The highest BCUT2D eigenvalue weighted by Crippen LogP contribution is 2.36. The number of halogens is 1. The molecule has 0 saturated carbocycles. The molecule has 184 valence electrons. The Morgan fingerprint density at radius 1 is 0.921 bits per heavy atom. The number of nitriles is 1. The molecule has 38 heavy (non-hydrogen) atoms. The third-order valence-electron chi connectivity index (χ3n) is 6.15. The number of oxazole rings is 1. The van der Waals surface area contributed by atoms with E-state index in [0.29, 0.717) is 38.5 Å². The second-order valence-corrected chi connectivity index (χ2v) is 10.2. The van der Waals surface area contributed by atoms with Crippen molar-refractivity contribution in [1.29, 1.82) is 5.26 Å². The predicted molar refractivity (Wildman–Crippen MR) is 146 cm³/mol. The van der Waals surface area contributed by atoms with Crippen molar-refractivity contribution in [3.8, 4) is 28.8 Å². The normalized spacial score (nSPS) is 15.3. The smallest absolute Gasteiger partial charge is 0.247 e. The summed E-state index contributed by atoms with van der Waals surface area (Å²) in [5, 5.41) is 9.92. The van der Waals surface area contributed by atoms with Crippen LogP contribution in [0.25, 0.3) is 33.8 Å². The van der Waals surface area contributed by atoms with Crippen LogP contribution in [0.3, 0.4) is 0 Å². The molecule has 2 amide bonds. The molecule has 7 nitrogen and oxygen atoms in total. The van der Waals surface area contributed by atoms with E-state index in [0.717, 1.165) is 28.4 Å². The molecule has 2 aromatic heterocycles. The topological polar surface area (TPSA) is 100 Å². The van der Waals surface area contributed by atoms with E-state index in [2.05, 4.69) is 16.0 Å². The molecule has 1 aliphatic rings. The summed E-state index contributed by atoms with van der Waals surface area (Å²) in [7, 11) is 0. The molecule has 6 rings (SSSR count). The number of imide groups is 1. The average molecular weight is 537 g/mol. The fourth-order valence-corrected chi connectivity index (χ4v) is 5.47. The van der Waals surface area contributed by atoms with E-state index in [-0.39, 0.29) is 18.2 Å². The Kier molecular flexibility index (Phi) is 6.16. The first-order valence-corrected chi connectivity index (χ1v) is 12.9. The van der Waals surface area contributed by atoms with E-state index >= 15 is 0 Å². The standard InChI is InChI=1S/C29H17ClN4O3S/c30-20-10-5-17(6-11-20)22-14-9-19(16-31)28(33-22)38-25-15-26(35)34(29(25)36)21-12-7-18(8-13-21)27-32-23-3-1-2-4-24(23)37-27/h1-14,25H,15H2. The minimum absolute atomic E-state index is 0.00804. The number of para-hydroxylation sites is 2. The largest absolute Gasteiger partial charge is 0.436 e. The zero-order chi connectivity index (χ0) is 26.2. The van der Waals surface area contributed by atoms with Crippen LogP contribution in [0.2, 0.25) is 5.02 Å². The van der Waals surface area contributed by atoms with Gasteiger partial charge in [0.1, 0.15) is 16.6 Å². The van der Waals surface area contributed by atoms with Gasteiger partial charge < -0.3 is 4.42 Å². The van der Waals surface area contributed by atoms with Crippen molar-refractivity contribution in [3.63, 3.8) is 0 Å². The predicted octanol–water partition coefficient (Wildman–Crippen LogP) is 6.51. The first kappa shape index (κ1) is 23.9. The van der Waals surface area contributed by atoms with E-state index in [1.54, 1.807) is 48.5 Å². The van der Waals surface area contributed by atoms with Crippen LogP contribution in [-0.2, 0) is 9.59 Å². The average Bonchev–Trinajstić information content (AvgIpc) is 3.49. The van der Waals surface area contributed by atoms with E-state index < -0.39 is 5.25 Å². The van der Waals surface area contributed by atoms with Gasteiger partial charge in [-0.1, -0.05) is 47.6 Å². The van der Waals surface area contributed by atoms with Gasteiger partial charge in [0.05, 0.1) is 22.2 Å². The summed E-state index contributed by atoms with van der Waals surface area (Å²) in [6.07, 6.45) is 0.00804. The van der Waals surface area contributed by atoms with E-state index in [1.165, 1.54) is 4.90 Å². The highest BCUT2D eigenvalue weighted by Gasteiger charge is 2.40. The van der Waals surface area contributed by atoms with Crippen LogP contribution >= 0.6 is 23.4 Å². The summed E-state index contributed by atoms with van der Waals surface area (Å²) in [6.45, 7) is 0. The number of carbonyl (C=O) groups excluding carboxylic acids is 2. The number of nitrogens with zero attached hydrogens (tertiary/aromatic N) is 4. The molecule has 0 N–H and O–H groups in total. The molecule has 0 radical (unpaired) electrons. The number of anilines is 1. The summed E-state index contributed by atoms with van der Waals surface area (Å²) in [5.41, 5.74) is 4.45. The maximum absolute atomic E-state index is 13.3. The lowest BCUT2D eigenvalue weighted by Gasteiger charge is -2.15. The first-order valence-electron chi connectivity index (χ1n) is 11.7. The van der Waals surface area contributed by atoms with Crippen molar-refractivity contribution in [1.82, 2.24) is 9.97 Å². The molecule has 0 aliphatic carbocycles. The Bertz CT molecular complexity index is 1710. The summed E-state index contributed by atoms with van der Waals surface area (Å²) in [4.78, 5) is 36.5. The molecule has 0 bridgehead atoms. The van der Waals surface area contributed by atoms with Gasteiger partial charge in [0, 0.05) is 22.6 Å². The fourth-order valence-electron chi connectivity index (χ4n) is 4.25. The molecule has 1 saturated heterocycles. The van der Waals surface area contributed by atoms with Crippen molar-refractivity contribution in [2.75, 3.05) is 4.90 Å². The van der Waals surface area contributed by atoms with E-state index in [4.69, 9.17) is 16.0 Å². The number of hydrogen-bond donors (Lipinski definition) is 0. The van der Waals surface area contributed by atoms with Crippen molar-refractivity contribution in [2.45, 2.75) is 16.7 Å².